The standard InChI is InChI=1S/C31H34FN5O4/c1-18-13-21(31(39)41-6)14-23(32)29(18)20-8-11-36(12-9-20)19(2)26-15-22-25(7-10-34-30(22)35(26)4)37-17-27(40-5)24(33-3)16-28(37)38/h7-8,10,13-17,19,33H,9,11-12H2,1-6H3/t19-/m0/s1. The van der Waals surface area contributed by atoms with Crippen molar-refractivity contribution in [1.82, 2.24) is 19.0 Å². The van der Waals surface area contributed by atoms with Crippen LogP contribution < -0.4 is 15.6 Å². The SMILES string of the molecule is CNc1cc(=O)n(-c2ccnc3c2cc([C@H](C)N2CC=C(c4c(C)cc(C(=O)OC)cc4F)CC2)n3C)cc1OC. The molecule has 0 aliphatic carbocycles. The lowest BCUT2D eigenvalue weighted by atomic mass is 9.93. The highest BCUT2D eigenvalue weighted by Crippen LogP contribution is 2.34. The Labute approximate surface area is 237 Å². The first-order valence-corrected chi connectivity index (χ1v) is 13.4. The van der Waals surface area contributed by atoms with Crippen molar-refractivity contribution in [2.45, 2.75) is 26.3 Å². The molecule has 0 saturated heterocycles. The van der Waals surface area contributed by atoms with Gasteiger partial charge in [0.2, 0.25) is 0 Å². The third-order valence-electron chi connectivity index (χ3n) is 7.96. The number of esters is 1. The lowest BCUT2D eigenvalue weighted by Crippen LogP contribution is -2.32. The lowest BCUT2D eigenvalue weighted by Gasteiger charge is -2.32. The van der Waals surface area contributed by atoms with E-state index in [1.165, 1.54) is 19.2 Å². The molecule has 0 unspecified atom stereocenters. The van der Waals surface area contributed by atoms with Gasteiger partial charge in [-0.15, -0.1) is 0 Å². The van der Waals surface area contributed by atoms with Crippen LogP contribution in [0.2, 0.25) is 0 Å². The Kier molecular flexibility index (Phi) is 7.68. The molecule has 0 amide bonds. The Bertz CT molecular complexity index is 1720. The zero-order chi connectivity index (χ0) is 29.4. The molecule has 1 aromatic carbocycles. The summed E-state index contributed by atoms with van der Waals surface area (Å²) in [5.74, 6) is -0.410. The molecule has 0 bridgehead atoms. The summed E-state index contributed by atoms with van der Waals surface area (Å²) in [6, 6.07) is 8.38. The molecule has 1 atom stereocenters. The smallest absolute Gasteiger partial charge is 0.337 e. The topological polar surface area (TPSA) is 90.6 Å². The van der Waals surface area contributed by atoms with Crippen molar-refractivity contribution in [2.24, 2.45) is 7.05 Å². The second-order valence-electron chi connectivity index (χ2n) is 10.2. The average Bonchev–Trinajstić information content (AvgIpc) is 3.32. The number of methoxy groups -OCH3 is 2. The van der Waals surface area contributed by atoms with Crippen molar-refractivity contribution in [1.29, 1.82) is 0 Å². The van der Waals surface area contributed by atoms with Gasteiger partial charge in [0.1, 0.15) is 11.5 Å². The molecule has 10 heteroatoms. The number of pyridine rings is 2. The largest absolute Gasteiger partial charge is 0.493 e. The first kappa shape index (κ1) is 28.1. The van der Waals surface area contributed by atoms with Gasteiger partial charge in [-0.2, -0.15) is 0 Å². The maximum Gasteiger partial charge on any atom is 0.337 e. The lowest BCUT2D eigenvalue weighted by molar-refractivity contribution is 0.0600. The number of nitrogens with zero attached hydrogens (tertiary/aromatic N) is 4. The summed E-state index contributed by atoms with van der Waals surface area (Å²) in [5.41, 5.74) is 5.37. The van der Waals surface area contributed by atoms with E-state index < -0.39 is 11.8 Å². The van der Waals surface area contributed by atoms with Crippen molar-refractivity contribution < 1.29 is 18.7 Å². The van der Waals surface area contributed by atoms with Crippen molar-refractivity contribution in [3.63, 3.8) is 0 Å². The van der Waals surface area contributed by atoms with Crippen molar-refractivity contribution in [2.75, 3.05) is 39.7 Å². The minimum atomic E-state index is -0.553. The Morgan fingerprint density at radius 3 is 2.61 bits per heavy atom. The zero-order valence-corrected chi connectivity index (χ0v) is 24.1. The Morgan fingerprint density at radius 2 is 1.98 bits per heavy atom. The van der Waals surface area contributed by atoms with Gasteiger partial charge >= 0.3 is 5.97 Å². The van der Waals surface area contributed by atoms with Crippen LogP contribution in [-0.2, 0) is 11.8 Å². The summed E-state index contributed by atoms with van der Waals surface area (Å²) in [6.07, 6.45) is 6.12. The molecule has 1 aliphatic rings. The molecule has 0 fully saturated rings. The molecule has 0 radical (unpaired) electrons. The van der Waals surface area contributed by atoms with Gasteiger partial charge in [0.05, 0.1) is 37.4 Å². The first-order chi connectivity index (χ1) is 19.7. The van der Waals surface area contributed by atoms with Crippen LogP contribution >= 0.6 is 0 Å². The number of carbonyl (C=O) groups is 1. The minimum absolute atomic E-state index is 0.0328. The molecule has 214 valence electrons. The fraction of sp³-hybridized carbons (Fsp3) is 0.323. The maximum absolute atomic E-state index is 15.1. The summed E-state index contributed by atoms with van der Waals surface area (Å²) in [4.78, 5) is 31.8. The summed E-state index contributed by atoms with van der Waals surface area (Å²) >= 11 is 0. The maximum atomic E-state index is 15.1. The molecule has 1 aliphatic heterocycles. The summed E-state index contributed by atoms with van der Waals surface area (Å²) in [5, 5.41) is 3.85. The number of aryl methyl sites for hydroxylation is 2. The molecule has 4 heterocycles. The predicted octanol–water partition coefficient (Wildman–Crippen LogP) is 4.86. The van der Waals surface area contributed by atoms with Gasteiger partial charge in [0.25, 0.3) is 5.56 Å². The van der Waals surface area contributed by atoms with Gasteiger partial charge in [-0.3, -0.25) is 14.3 Å². The zero-order valence-electron chi connectivity index (χ0n) is 24.1. The summed E-state index contributed by atoms with van der Waals surface area (Å²) < 4.78 is 28.9. The van der Waals surface area contributed by atoms with Crippen LogP contribution in [0.3, 0.4) is 0 Å². The molecule has 0 saturated carbocycles. The second-order valence-corrected chi connectivity index (χ2v) is 10.2. The van der Waals surface area contributed by atoms with Gasteiger partial charge in [-0.25, -0.2) is 14.2 Å². The number of halogens is 1. The van der Waals surface area contributed by atoms with E-state index in [2.05, 4.69) is 38.8 Å². The highest BCUT2D eigenvalue weighted by molar-refractivity contribution is 5.90. The van der Waals surface area contributed by atoms with E-state index in [9.17, 15) is 9.59 Å². The van der Waals surface area contributed by atoms with Crippen LogP contribution in [0.5, 0.6) is 5.75 Å². The van der Waals surface area contributed by atoms with Crippen LogP contribution in [0.25, 0.3) is 22.3 Å². The molecule has 1 N–H and O–H groups in total. The molecule has 5 rings (SSSR count). The molecule has 0 spiro atoms. The Hall–Kier alpha value is -4.44. The van der Waals surface area contributed by atoms with Crippen molar-refractivity contribution >= 4 is 28.3 Å². The number of benzene rings is 1. The Morgan fingerprint density at radius 1 is 1.20 bits per heavy atom. The van der Waals surface area contributed by atoms with Gasteiger partial charge in [0, 0.05) is 62.1 Å². The molecular weight excluding hydrogens is 525 g/mol. The van der Waals surface area contributed by atoms with E-state index in [1.54, 1.807) is 37.2 Å². The van der Waals surface area contributed by atoms with Crippen LogP contribution in [0.1, 0.15) is 46.6 Å². The minimum Gasteiger partial charge on any atom is -0.493 e. The Balaban J connectivity index is 1.45. The fourth-order valence-electron chi connectivity index (χ4n) is 5.73. The van der Waals surface area contributed by atoms with Crippen LogP contribution in [-0.4, -0.2) is 59.3 Å². The van der Waals surface area contributed by atoms with Crippen LogP contribution in [0.15, 0.2) is 53.6 Å². The first-order valence-electron chi connectivity index (χ1n) is 13.4. The highest BCUT2D eigenvalue weighted by atomic mass is 19.1. The van der Waals surface area contributed by atoms with Gasteiger partial charge in [-0.05, 0) is 55.7 Å². The average molecular weight is 560 g/mol. The highest BCUT2D eigenvalue weighted by Gasteiger charge is 2.25. The van der Waals surface area contributed by atoms with Gasteiger partial charge < -0.3 is 19.4 Å². The van der Waals surface area contributed by atoms with E-state index in [0.29, 0.717) is 35.5 Å². The monoisotopic (exact) mass is 559 g/mol. The molecule has 4 aromatic rings. The normalized spacial score (nSPS) is 14.6. The number of ether oxygens (including phenoxy) is 2. The van der Waals surface area contributed by atoms with Gasteiger partial charge in [-0.1, -0.05) is 6.08 Å². The van der Waals surface area contributed by atoms with E-state index in [4.69, 9.17) is 9.47 Å². The van der Waals surface area contributed by atoms with Gasteiger partial charge in [0.15, 0.2) is 5.75 Å². The number of carbonyl (C=O) groups excluding carboxylic acids is 1. The van der Waals surface area contributed by atoms with E-state index >= 15 is 4.39 Å². The molecule has 41 heavy (non-hydrogen) atoms. The van der Waals surface area contributed by atoms with Crippen LogP contribution in [0.4, 0.5) is 10.1 Å². The van der Waals surface area contributed by atoms with Crippen molar-refractivity contribution in [3.05, 3.63) is 87.4 Å². The molecule has 9 nitrogen and oxygen atoms in total. The number of hydrogen-bond donors (Lipinski definition) is 1. The number of rotatable bonds is 7. The summed E-state index contributed by atoms with van der Waals surface area (Å²) in [7, 11) is 6.58. The fourth-order valence-corrected chi connectivity index (χ4v) is 5.73. The molecular formula is C31H34FN5O4. The number of nitrogens with one attached hydrogen (secondary N) is 1. The summed E-state index contributed by atoms with van der Waals surface area (Å²) in [6.45, 7) is 5.32. The third kappa shape index (κ3) is 4.99. The quantitative estimate of drug-likeness (QED) is 0.324. The number of fused-ring (bicyclic) bond motifs is 1. The molecule has 3 aromatic heterocycles. The van der Waals surface area contributed by atoms with E-state index in [1.807, 2.05) is 20.0 Å². The third-order valence-corrected chi connectivity index (χ3v) is 7.96. The number of hydrogen-bond acceptors (Lipinski definition) is 7. The van der Waals surface area contributed by atoms with E-state index in [0.717, 1.165) is 34.5 Å². The van der Waals surface area contributed by atoms with Crippen molar-refractivity contribution in [3.8, 4) is 11.4 Å². The number of anilines is 1. The van der Waals surface area contributed by atoms with Crippen LogP contribution in [0, 0.1) is 12.7 Å². The van der Waals surface area contributed by atoms with E-state index in [-0.39, 0.29) is 17.2 Å². The number of aromatic nitrogens is 3. The second kappa shape index (κ2) is 11.2. The predicted molar refractivity (Wildman–Crippen MR) is 157 cm³/mol.